The van der Waals surface area contributed by atoms with Gasteiger partial charge in [0.05, 0.1) is 6.61 Å². The van der Waals surface area contributed by atoms with E-state index in [2.05, 4.69) is 10.1 Å². The molecule has 0 aliphatic carbocycles. The summed E-state index contributed by atoms with van der Waals surface area (Å²) in [6, 6.07) is 0. The number of rotatable bonds is 4. The van der Waals surface area contributed by atoms with Crippen molar-refractivity contribution in [3.05, 3.63) is 0 Å². The van der Waals surface area contributed by atoms with Crippen LogP contribution in [0.5, 0.6) is 0 Å². The van der Waals surface area contributed by atoms with E-state index in [9.17, 15) is 8.78 Å². The molecule has 0 bridgehead atoms. The molecule has 0 radical (unpaired) electrons. The summed E-state index contributed by atoms with van der Waals surface area (Å²) in [6.45, 7) is -0.412. The van der Waals surface area contributed by atoms with Crippen LogP contribution in [0.4, 0.5) is 8.78 Å². The van der Waals surface area contributed by atoms with E-state index in [1.807, 2.05) is 0 Å². The van der Waals surface area contributed by atoms with Gasteiger partial charge in [-0.05, 0) is 38.3 Å². The van der Waals surface area contributed by atoms with Gasteiger partial charge in [-0.25, -0.2) is 0 Å². The van der Waals surface area contributed by atoms with Crippen molar-refractivity contribution in [1.29, 1.82) is 0 Å². The van der Waals surface area contributed by atoms with Crippen LogP contribution in [-0.2, 0) is 4.74 Å². The highest BCUT2D eigenvalue weighted by molar-refractivity contribution is 4.68. The fourth-order valence-corrected chi connectivity index (χ4v) is 1.49. The van der Waals surface area contributed by atoms with Crippen molar-refractivity contribution < 1.29 is 13.5 Å². The van der Waals surface area contributed by atoms with Gasteiger partial charge in [0.2, 0.25) is 0 Å². The van der Waals surface area contributed by atoms with Gasteiger partial charge in [0.25, 0.3) is 0 Å². The van der Waals surface area contributed by atoms with Crippen LogP contribution in [0.15, 0.2) is 0 Å². The maximum absolute atomic E-state index is 11.6. The normalized spacial score (nSPS) is 24.8. The molecule has 1 heterocycles. The summed E-state index contributed by atoms with van der Waals surface area (Å²) < 4.78 is 27.3. The van der Waals surface area contributed by atoms with Crippen LogP contribution in [0, 0.1) is 5.92 Å². The van der Waals surface area contributed by atoms with Crippen molar-refractivity contribution in [2.45, 2.75) is 25.9 Å². The smallest absolute Gasteiger partial charge is 0.323 e. The molecule has 1 N–H and O–H groups in total. The van der Waals surface area contributed by atoms with Crippen LogP contribution in [0.25, 0.3) is 0 Å². The topological polar surface area (TPSA) is 21.3 Å². The second kappa shape index (κ2) is 5.43. The Kier molecular flexibility index (Phi) is 4.46. The summed E-state index contributed by atoms with van der Waals surface area (Å²) in [5.41, 5.74) is 0. The largest absolute Gasteiger partial charge is 0.345 e. The SMILES string of the molecule is FC(F)OCCC1CCCNC1. The van der Waals surface area contributed by atoms with E-state index in [-0.39, 0.29) is 6.61 Å². The number of ether oxygens (including phenoxy) is 1. The molecular formula is C8H15F2NO. The predicted molar refractivity (Wildman–Crippen MR) is 42.2 cm³/mol. The van der Waals surface area contributed by atoms with Crippen molar-refractivity contribution in [2.24, 2.45) is 5.92 Å². The lowest BCUT2D eigenvalue weighted by Gasteiger charge is -2.22. The van der Waals surface area contributed by atoms with E-state index >= 15 is 0 Å². The molecular weight excluding hydrogens is 164 g/mol. The molecule has 1 fully saturated rings. The fraction of sp³-hybridized carbons (Fsp3) is 1.00. The first kappa shape index (κ1) is 9.86. The molecule has 1 rings (SSSR count). The molecule has 2 nitrogen and oxygen atoms in total. The van der Waals surface area contributed by atoms with E-state index in [1.54, 1.807) is 0 Å². The zero-order valence-corrected chi connectivity index (χ0v) is 7.06. The van der Waals surface area contributed by atoms with E-state index in [0.29, 0.717) is 5.92 Å². The van der Waals surface area contributed by atoms with Gasteiger partial charge in [-0.3, -0.25) is 0 Å². The third kappa shape index (κ3) is 3.97. The van der Waals surface area contributed by atoms with Crippen molar-refractivity contribution in [3.8, 4) is 0 Å². The maximum atomic E-state index is 11.6. The van der Waals surface area contributed by atoms with Crippen LogP contribution in [-0.4, -0.2) is 26.3 Å². The quantitative estimate of drug-likeness (QED) is 0.708. The zero-order chi connectivity index (χ0) is 8.81. The molecule has 1 saturated heterocycles. The number of nitrogens with one attached hydrogen (secondary N) is 1. The first-order valence-electron chi connectivity index (χ1n) is 4.39. The third-order valence-electron chi connectivity index (χ3n) is 2.17. The lowest BCUT2D eigenvalue weighted by atomic mass is 9.97. The van der Waals surface area contributed by atoms with Crippen molar-refractivity contribution in [3.63, 3.8) is 0 Å². The van der Waals surface area contributed by atoms with Gasteiger partial charge in [0.1, 0.15) is 0 Å². The van der Waals surface area contributed by atoms with Crippen molar-refractivity contribution >= 4 is 0 Å². The van der Waals surface area contributed by atoms with Crippen LogP contribution < -0.4 is 5.32 Å². The molecule has 1 aliphatic heterocycles. The van der Waals surface area contributed by atoms with Gasteiger partial charge in [-0.15, -0.1) is 0 Å². The molecule has 12 heavy (non-hydrogen) atoms. The average molecular weight is 179 g/mol. The lowest BCUT2D eigenvalue weighted by Crippen LogP contribution is -2.30. The summed E-state index contributed by atoms with van der Waals surface area (Å²) in [7, 11) is 0. The summed E-state index contributed by atoms with van der Waals surface area (Å²) in [5, 5.41) is 3.23. The molecule has 72 valence electrons. The first-order chi connectivity index (χ1) is 5.79. The van der Waals surface area contributed by atoms with E-state index < -0.39 is 6.61 Å². The number of piperidine rings is 1. The Balaban J connectivity index is 1.98. The Hall–Kier alpha value is -0.220. The number of halogens is 2. The molecule has 1 unspecified atom stereocenters. The van der Waals surface area contributed by atoms with Gasteiger partial charge in [-0.1, -0.05) is 0 Å². The fourth-order valence-electron chi connectivity index (χ4n) is 1.49. The third-order valence-corrected chi connectivity index (χ3v) is 2.17. The van der Waals surface area contributed by atoms with Gasteiger partial charge in [0.15, 0.2) is 0 Å². The van der Waals surface area contributed by atoms with Crippen molar-refractivity contribution in [1.82, 2.24) is 5.32 Å². The molecule has 0 aromatic carbocycles. The standard InChI is InChI=1S/C8H15F2NO/c9-8(10)12-5-3-7-2-1-4-11-6-7/h7-8,11H,1-6H2. The molecule has 4 heteroatoms. The Labute approximate surface area is 71.3 Å². The van der Waals surface area contributed by atoms with Crippen LogP contribution in [0.2, 0.25) is 0 Å². The molecule has 0 amide bonds. The molecule has 1 aliphatic rings. The minimum absolute atomic E-state index is 0.185. The van der Waals surface area contributed by atoms with E-state index in [4.69, 9.17) is 0 Å². The Bertz CT molecular complexity index is 116. The van der Waals surface area contributed by atoms with Crippen LogP contribution in [0.1, 0.15) is 19.3 Å². The summed E-state index contributed by atoms with van der Waals surface area (Å²) in [5.74, 6) is 0.525. The summed E-state index contributed by atoms with van der Waals surface area (Å²) in [4.78, 5) is 0. The highest BCUT2D eigenvalue weighted by atomic mass is 19.3. The van der Waals surface area contributed by atoms with Gasteiger partial charge in [-0.2, -0.15) is 8.78 Å². The average Bonchev–Trinajstić information content (AvgIpc) is 2.05. The Morgan fingerprint density at radius 3 is 2.92 bits per heavy atom. The van der Waals surface area contributed by atoms with E-state index in [1.165, 1.54) is 0 Å². The predicted octanol–water partition coefficient (Wildman–Crippen LogP) is 1.62. The molecule has 1 atom stereocenters. The number of hydrogen-bond acceptors (Lipinski definition) is 2. The van der Waals surface area contributed by atoms with Gasteiger partial charge in [0, 0.05) is 0 Å². The molecule has 0 saturated carbocycles. The minimum Gasteiger partial charge on any atom is -0.323 e. The molecule has 0 aromatic heterocycles. The van der Waals surface area contributed by atoms with Crippen LogP contribution >= 0.6 is 0 Å². The lowest BCUT2D eigenvalue weighted by molar-refractivity contribution is -0.131. The van der Waals surface area contributed by atoms with Gasteiger partial charge < -0.3 is 10.1 Å². The molecule has 0 spiro atoms. The highest BCUT2D eigenvalue weighted by Crippen LogP contribution is 2.14. The van der Waals surface area contributed by atoms with Crippen LogP contribution in [0.3, 0.4) is 0 Å². The minimum atomic E-state index is -2.61. The monoisotopic (exact) mass is 179 g/mol. The maximum Gasteiger partial charge on any atom is 0.345 e. The Morgan fingerprint density at radius 1 is 1.50 bits per heavy atom. The second-order valence-corrected chi connectivity index (χ2v) is 3.13. The summed E-state index contributed by atoms with van der Waals surface area (Å²) in [6.07, 6.45) is 3.04. The summed E-state index contributed by atoms with van der Waals surface area (Å²) >= 11 is 0. The zero-order valence-electron chi connectivity index (χ0n) is 7.06. The highest BCUT2D eigenvalue weighted by Gasteiger charge is 2.13. The molecule has 0 aromatic rings. The number of hydrogen-bond donors (Lipinski definition) is 1. The van der Waals surface area contributed by atoms with Crippen molar-refractivity contribution in [2.75, 3.05) is 19.7 Å². The van der Waals surface area contributed by atoms with E-state index in [0.717, 1.165) is 32.4 Å². The number of alkyl halides is 2. The second-order valence-electron chi connectivity index (χ2n) is 3.13. The van der Waals surface area contributed by atoms with Gasteiger partial charge >= 0.3 is 6.61 Å². The first-order valence-corrected chi connectivity index (χ1v) is 4.39. The Morgan fingerprint density at radius 2 is 2.33 bits per heavy atom.